The Morgan fingerprint density at radius 1 is 1.18 bits per heavy atom. The highest BCUT2D eigenvalue weighted by Gasteiger charge is 2.16. The predicted molar refractivity (Wildman–Crippen MR) is 104 cm³/mol. The molecule has 0 bridgehead atoms. The Labute approximate surface area is 159 Å². The molecule has 140 valence electrons. The summed E-state index contributed by atoms with van der Waals surface area (Å²) in [4.78, 5) is 29.0. The summed E-state index contributed by atoms with van der Waals surface area (Å²) in [6, 6.07) is 14.8. The summed E-state index contributed by atoms with van der Waals surface area (Å²) in [6.45, 7) is 0.283. The van der Waals surface area contributed by atoms with Crippen LogP contribution in [0, 0.1) is 5.82 Å². The molecule has 1 N–H and O–H groups in total. The van der Waals surface area contributed by atoms with Crippen LogP contribution < -0.4 is 5.56 Å². The second-order valence-electron chi connectivity index (χ2n) is 6.52. The van der Waals surface area contributed by atoms with Gasteiger partial charge in [0.2, 0.25) is 5.56 Å². The number of aromatic nitrogens is 3. The largest absolute Gasteiger partial charge is 0.337 e. The summed E-state index contributed by atoms with van der Waals surface area (Å²) in [7, 11) is 1.67. The Bertz CT molecular complexity index is 1210. The monoisotopic (exact) mass is 376 g/mol. The summed E-state index contributed by atoms with van der Waals surface area (Å²) in [6.07, 6.45) is 3.07. The number of hydrogen-bond acceptors (Lipinski definition) is 3. The smallest absolute Gasteiger partial charge is 0.257 e. The van der Waals surface area contributed by atoms with Gasteiger partial charge in [-0.05, 0) is 35.9 Å². The number of nitrogens with one attached hydrogen (secondary N) is 1. The molecular weight excluding hydrogens is 359 g/mol. The van der Waals surface area contributed by atoms with Gasteiger partial charge in [-0.3, -0.25) is 9.59 Å². The Kier molecular flexibility index (Phi) is 4.49. The number of amides is 1. The second-order valence-corrected chi connectivity index (χ2v) is 6.52. The molecule has 4 aromatic rings. The quantitative estimate of drug-likeness (QED) is 0.595. The minimum Gasteiger partial charge on any atom is -0.337 e. The van der Waals surface area contributed by atoms with Gasteiger partial charge in [-0.25, -0.2) is 9.07 Å². The number of aromatic amines is 1. The molecule has 4 rings (SSSR count). The van der Waals surface area contributed by atoms with E-state index < -0.39 is 0 Å². The summed E-state index contributed by atoms with van der Waals surface area (Å²) < 4.78 is 14.6. The zero-order chi connectivity index (χ0) is 19.7. The van der Waals surface area contributed by atoms with E-state index in [4.69, 9.17) is 0 Å². The van der Waals surface area contributed by atoms with Gasteiger partial charge in [0, 0.05) is 36.8 Å². The van der Waals surface area contributed by atoms with Crippen LogP contribution in [-0.4, -0.2) is 32.6 Å². The maximum Gasteiger partial charge on any atom is 0.257 e. The van der Waals surface area contributed by atoms with Crippen LogP contribution in [0.1, 0.15) is 15.9 Å². The number of fused-ring (bicyclic) bond motifs is 1. The van der Waals surface area contributed by atoms with Crippen molar-refractivity contribution in [1.82, 2.24) is 19.7 Å². The zero-order valence-electron chi connectivity index (χ0n) is 15.1. The number of benzene rings is 2. The second kappa shape index (κ2) is 7.11. The lowest BCUT2D eigenvalue weighted by molar-refractivity contribution is 0.0785. The van der Waals surface area contributed by atoms with E-state index in [0.717, 1.165) is 16.5 Å². The molecule has 0 fully saturated rings. The van der Waals surface area contributed by atoms with Gasteiger partial charge in [-0.15, -0.1) is 0 Å². The highest BCUT2D eigenvalue weighted by molar-refractivity contribution is 5.94. The van der Waals surface area contributed by atoms with Gasteiger partial charge in [0.1, 0.15) is 5.82 Å². The molecular formula is C21H17FN4O2. The molecule has 0 aliphatic rings. The first-order valence-electron chi connectivity index (χ1n) is 8.68. The Morgan fingerprint density at radius 2 is 1.93 bits per heavy atom. The fourth-order valence-electron chi connectivity index (χ4n) is 3.12. The molecule has 0 aliphatic carbocycles. The van der Waals surface area contributed by atoms with Crippen molar-refractivity contribution in [2.24, 2.45) is 0 Å². The Hall–Kier alpha value is -3.74. The number of pyridine rings is 1. The van der Waals surface area contributed by atoms with Crippen LogP contribution in [-0.2, 0) is 6.54 Å². The van der Waals surface area contributed by atoms with E-state index in [1.807, 2.05) is 24.3 Å². The van der Waals surface area contributed by atoms with E-state index in [-0.39, 0.29) is 23.8 Å². The summed E-state index contributed by atoms with van der Waals surface area (Å²) in [5.74, 6) is -0.560. The molecule has 0 aliphatic heterocycles. The number of hydrogen-bond donors (Lipinski definition) is 1. The van der Waals surface area contributed by atoms with Gasteiger partial charge in [0.15, 0.2) is 0 Å². The number of H-pyrrole nitrogens is 1. The first-order valence-corrected chi connectivity index (χ1v) is 8.68. The zero-order valence-corrected chi connectivity index (χ0v) is 15.1. The van der Waals surface area contributed by atoms with Crippen LogP contribution >= 0.6 is 0 Å². The van der Waals surface area contributed by atoms with Gasteiger partial charge >= 0.3 is 0 Å². The number of nitrogens with zero attached hydrogens (tertiary/aromatic N) is 3. The third-order valence-electron chi connectivity index (χ3n) is 4.51. The number of rotatable bonds is 4. The maximum atomic E-state index is 13.1. The van der Waals surface area contributed by atoms with E-state index in [1.165, 1.54) is 34.0 Å². The third-order valence-corrected chi connectivity index (χ3v) is 4.51. The number of carbonyl (C=O) groups is 1. The summed E-state index contributed by atoms with van der Waals surface area (Å²) in [5.41, 5.74) is 2.35. The standard InChI is InChI=1S/C21H17FN4O2/c1-25(12-14-10-20(27)24-19-5-3-2-4-18(14)19)21(28)15-11-23-26(13-15)17-8-6-16(22)7-9-17/h2-11,13H,12H2,1H3,(H,24,27). The SMILES string of the molecule is CN(Cc1cc(=O)[nH]c2ccccc12)C(=O)c1cnn(-c2ccc(F)cc2)c1. The Balaban J connectivity index is 1.58. The van der Waals surface area contributed by atoms with E-state index in [0.29, 0.717) is 11.3 Å². The average molecular weight is 376 g/mol. The molecule has 2 heterocycles. The van der Waals surface area contributed by atoms with Crippen LogP contribution in [0.25, 0.3) is 16.6 Å². The van der Waals surface area contributed by atoms with Crippen molar-refractivity contribution < 1.29 is 9.18 Å². The van der Waals surface area contributed by atoms with Gasteiger partial charge < -0.3 is 9.88 Å². The van der Waals surface area contributed by atoms with Crippen LogP contribution in [0.4, 0.5) is 4.39 Å². The lowest BCUT2D eigenvalue weighted by atomic mass is 10.1. The molecule has 0 unspecified atom stereocenters. The van der Waals surface area contributed by atoms with Gasteiger partial charge in [-0.1, -0.05) is 18.2 Å². The van der Waals surface area contributed by atoms with Crippen molar-refractivity contribution in [2.75, 3.05) is 7.05 Å². The van der Waals surface area contributed by atoms with E-state index >= 15 is 0 Å². The van der Waals surface area contributed by atoms with Crippen LogP contribution in [0.3, 0.4) is 0 Å². The number of carbonyl (C=O) groups excluding carboxylic acids is 1. The highest BCUT2D eigenvalue weighted by atomic mass is 19.1. The first kappa shape index (κ1) is 17.7. The highest BCUT2D eigenvalue weighted by Crippen LogP contribution is 2.17. The topological polar surface area (TPSA) is 71.0 Å². The van der Waals surface area contributed by atoms with Gasteiger partial charge in [0.05, 0.1) is 17.4 Å². The van der Waals surface area contributed by atoms with Gasteiger partial charge in [0.25, 0.3) is 5.91 Å². The molecule has 0 radical (unpaired) electrons. The predicted octanol–water partition coefficient (Wildman–Crippen LogP) is 3.13. The minimum atomic E-state index is -0.336. The van der Waals surface area contributed by atoms with Crippen molar-refractivity contribution in [3.63, 3.8) is 0 Å². The summed E-state index contributed by atoms with van der Waals surface area (Å²) in [5, 5.41) is 5.07. The van der Waals surface area contributed by atoms with E-state index in [2.05, 4.69) is 10.1 Å². The first-order chi connectivity index (χ1) is 13.5. The molecule has 0 atom stereocenters. The molecule has 0 spiro atoms. The molecule has 0 saturated carbocycles. The minimum absolute atomic E-state index is 0.210. The molecule has 28 heavy (non-hydrogen) atoms. The van der Waals surface area contributed by atoms with E-state index in [1.54, 1.807) is 25.4 Å². The Morgan fingerprint density at radius 3 is 2.71 bits per heavy atom. The fourth-order valence-corrected chi connectivity index (χ4v) is 3.12. The van der Waals surface area contributed by atoms with Crippen molar-refractivity contribution in [2.45, 2.75) is 6.54 Å². The third kappa shape index (κ3) is 3.42. The number of halogens is 1. The van der Waals surface area contributed by atoms with Crippen molar-refractivity contribution in [1.29, 1.82) is 0 Å². The fraction of sp³-hybridized carbons (Fsp3) is 0.0952. The van der Waals surface area contributed by atoms with Crippen LogP contribution in [0.2, 0.25) is 0 Å². The molecule has 2 aromatic heterocycles. The molecule has 2 aromatic carbocycles. The van der Waals surface area contributed by atoms with Crippen LogP contribution in [0.15, 0.2) is 71.8 Å². The van der Waals surface area contributed by atoms with Crippen molar-refractivity contribution in [3.05, 3.63) is 94.3 Å². The maximum absolute atomic E-state index is 13.1. The van der Waals surface area contributed by atoms with E-state index in [9.17, 15) is 14.0 Å². The summed E-state index contributed by atoms with van der Waals surface area (Å²) >= 11 is 0. The van der Waals surface area contributed by atoms with Crippen molar-refractivity contribution in [3.8, 4) is 5.69 Å². The molecule has 1 amide bonds. The van der Waals surface area contributed by atoms with Gasteiger partial charge in [-0.2, -0.15) is 5.10 Å². The van der Waals surface area contributed by atoms with Crippen LogP contribution in [0.5, 0.6) is 0 Å². The molecule has 7 heteroatoms. The molecule has 0 saturated heterocycles. The lowest BCUT2D eigenvalue weighted by Gasteiger charge is -2.17. The molecule has 6 nitrogen and oxygen atoms in total. The van der Waals surface area contributed by atoms with Crippen molar-refractivity contribution >= 4 is 16.8 Å². The lowest BCUT2D eigenvalue weighted by Crippen LogP contribution is -2.26. The average Bonchev–Trinajstić information content (AvgIpc) is 3.18. The number of para-hydroxylation sites is 1. The normalized spacial score (nSPS) is 10.9.